The maximum absolute atomic E-state index is 12.8. The fourth-order valence-corrected chi connectivity index (χ4v) is 3.42. The summed E-state index contributed by atoms with van der Waals surface area (Å²) in [5.41, 5.74) is 1.57. The summed E-state index contributed by atoms with van der Waals surface area (Å²) in [6, 6.07) is 1.70. The minimum atomic E-state index is -0.280. The molecule has 24 heavy (non-hydrogen) atoms. The van der Waals surface area contributed by atoms with Gasteiger partial charge in [-0.2, -0.15) is 0 Å². The van der Waals surface area contributed by atoms with Crippen LogP contribution in [0.3, 0.4) is 0 Å². The van der Waals surface area contributed by atoms with Crippen molar-refractivity contribution in [2.75, 3.05) is 6.61 Å². The van der Waals surface area contributed by atoms with Gasteiger partial charge in [0.25, 0.3) is 11.5 Å². The second kappa shape index (κ2) is 5.73. The largest absolute Gasteiger partial charge is 0.376 e. The number of aryl methyl sites for hydroxylation is 1. The number of pyridine rings is 1. The first kappa shape index (κ1) is 15.4. The molecule has 2 aliphatic rings. The van der Waals surface area contributed by atoms with E-state index in [0.29, 0.717) is 22.5 Å². The normalized spacial score (nSPS) is 22.0. The SMILES string of the molecule is CC(NC(=O)c1cc(C2CC2)nc2c1c(=O)[nH]n2C)C1CCCO1. The molecular formula is C17H22N4O3. The topological polar surface area (TPSA) is 89.0 Å². The van der Waals surface area contributed by atoms with Crippen LogP contribution >= 0.6 is 0 Å². The molecule has 2 atom stereocenters. The minimum absolute atomic E-state index is 0.0447. The average Bonchev–Trinajstić information content (AvgIpc) is 3.18. The molecule has 0 bridgehead atoms. The maximum atomic E-state index is 12.8. The van der Waals surface area contributed by atoms with Crippen molar-refractivity contribution in [1.29, 1.82) is 0 Å². The molecule has 4 rings (SSSR count). The molecule has 2 aromatic rings. The number of fused-ring (bicyclic) bond motifs is 1. The zero-order valence-electron chi connectivity index (χ0n) is 14.0. The molecule has 2 unspecified atom stereocenters. The molecule has 128 valence electrons. The van der Waals surface area contributed by atoms with Crippen molar-refractivity contribution >= 4 is 16.9 Å². The van der Waals surface area contributed by atoms with E-state index in [9.17, 15) is 9.59 Å². The van der Waals surface area contributed by atoms with Crippen molar-refractivity contribution < 1.29 is 9.53 Å². The number of H-pyrrole nitrogens is 1. The number of rotatable bonds is 4. The van der Waals surface area contributed by atoms with Gasteiger partial charge in [-0.05, 0) is 38.7 Å². The number of hydrogen-bond donors (Lipinski definition) is 2. The zero-order chi connectivity index (χ0) is 16.8. The Labute approximate surface area is 139 Å². The molecule has 0 spiro atoms. The highest BCUT2D eigenvalue weighted by Gasteiger charge is 2.30. The summed E-state index contributed by atoms with van der Waals surface area (Å²) in [5.74, 6) is 0.172. The molecule has 0 radical (unpaired) electrons. The van der Waals surface area contributed by atoms with Gasteiger partial charge in [0.1, 0.15) is 0 Å². The van der Waals surface area contributed by atoms with Gasteiger partial charge < -0.3 is 10.1 Å². The third kappa shape index (κ3) is 2.62. The number of aromatic amines is 1. The van der Waals surface area contributed by atoms with Crippen molar-refractivity contribution in [3.05, 3.63) is 27.7 Å². The lowest BCUT2D eigenvalue weighted by atomic mass is 10.1. The van der Waals surface area contributed by atoms with Gasteiger partial charge in [-0.1, -0.05) is 0 Å². The summed E-state index contributed by atoms with van der Waals surface area (Å²) in [6.45, 7) is 2.69. The van der Waals surface area contributed by atoms with E-state index < -0.39 is 0 Å². The van der Waals surface area contributed by atoms with Gasteiger partial charge in [-0.3, -0.25) is 19.4 Å². The Bertz CT molecular complexity index is 843. The lowest BCUT2D eigenvalue weighted by Gasteiger charge is -2.20. The molecule has 2 N–H and O–H groups in total. The number of nitrogens with zero attached hydrogens (tertiary/aromatic N) is 2. The Morgan fingerprint density at radius 3 is 2.92 bits per heavy atom. The summed E-state index contributed by atoms with van der Waals surface area (Å²) in [4.78, 5) is 29.7. The number of carbonyl (C=O) groups excluding carboxylic acids is 1. The van der Waals surface area contributed by atoms with E-state index in [1.54, 1.807) is 17.8 Å². The van der Waals surface area contributed by atoms with Gasteiger partial charge in [0.2, 0.25) is 0 Å². The molecule has 1 aliphatic carbocycles. The lowest BCUT2D eigenvalue weighted by Crippen LogP contribution is -2.41. The van der Waals surface area contributed by atoms with Crippen LogP contribution in [-0.2, 0) is 11.8 Å². The van der Waals surface area contributed by atoms with Crippen LogP contribution in [0.5, 0.6) is 0 Å². The Morgan fingerprint density at radius 2 is 2.25 bits per heavy atom. The van der Waals surface area contributed by atoms with Crippen molar-refractivity contribution in [2.45, 2.75) is 50.7 Å². The van der Waals surface area contributed by atoms with E-state index in [-0.39, 0.29) is 23.6 Å². The van der Waals surface area contributed by atoms with Crippen LogP contribution in [0.1, 0.15) is 54.6 Å². The molecule has 1 saturated heterocycles. The monoisotopic (exact) mass is 330 g/mol. The summed E-state index contributed by atoms with van der Waals surface area (Å²) in [7, 11) is 1.74. The van der Waals surface area contributed by atoms with Crippen LogP contribution in [0.15, 0.2) is 10.9 Å². The van der Waals surface area contributed by atoms with Gasteiger partial charge >= 0.3 is 0 Å². The summed E-state index contributed by atoms with van der Waals surface area (Å²) in [5, 5.41) is 6.06. The molecule has 0 aromatic carbocycles. The molecule has 3 heterocycles. The first-order valence-corrected chi connectivity index (χ1v) is 8.56. The molecular weight excluding hydrogens is 308 g/mol. The van der Waals surface area contributed by atoms with Crippen molar-refractivity contribution in [3.63, 3.8) is 0 Å². The predicted octanol–water partition coefficient (Wildman–Crippen LogP) is 1.44. The quantitative estimate of drug-likeness (QED) is 0.888. The molecule has 2 fully saturated rings. The predicted molar refractivity (Wildman–Crippen MR) is 89.2 cm³/mol. The van der Waals surface area contributed by atoms with Gasteiger partial charge in [-0.15, -0.1) is 0 Å². The number of aromatic nitrogens is 3. The molecule has 7 heteroatoms. The van der Waals surface area contributed by atoms with Crippen molar-refractivity contribution in [2.24, 2.45) is 7.05 Å². The standard InChI is InChI=1S/C17H22N4O3/c1-9(13-4-3-7-24-13)18-16(22)11-8-12(10-5-6-10)19-15-14(11)17(23)20-21(15)2/h8-10,13H,3-7H2,1-2H3,(H,18,22)(H,20,23). The van der Waals surface area contributed by atoms with E-state index >= 15 is 0 Å². The van der Waals surface area contributed by atoms with Gasteiger partial charge in [0.05, 0.1) is 23.1 Å². The van der Waals surface area contributed by atoms with Gasteiger partial charge in [0, 0.05) is 25.3 Å². The Balaban J connectivity index is 1.71. The smallest absolute Gasteiger partial charge is 0.274 e. The second-order valence-corrected chi connectivity index (χ2v) is 6.88. The molecule has 1 aliphatic heterocycles. The van der Waals surface area contributed by atoms with E-state index in [4.69, 9.17) is 4.74 Å². The molecule has 1 amide bonds. The van der Waals surface area contributed by atoms with E-state index in [1.165, 1.54) is 0 Å². The third-order valence-electron chi connectivity index (χ3n) is 4.96. The van der Waals surface area contributed by atoms with Crippen LogP contribution in [0.25, 0.3) is 11.0 Å². The third-order valence-corrected chi connectivity index (χ3v) is 4.96. The van der Waals surface area contributed by atoms with E-state index in [2.05, 4.69) is 15.4 Å². The highest BCUT2D eigenvalue weighted by Crippen LogP contribution is 2.39. The first-order valence-electron chi connectivity index (χ1n) is 8.56. The second-order valence-electron chi connectivity index (χ2n) is 6.88. The zero-order valence-corrected chi connectivity index (χ0v) is 14.0. The van der Waals surface area contributed by atoms with Crippen LogP contribution in [0, 0.1) is 0 Å². The van der Waals surface area contributed by atoms with Crippen LogP contribution in [-0.4, -0.2) is 39.4 Å². The number of carbonyl (C=O) groups is 1. The summed E-state index contributed by atoms with van der Waals surface area (Å²) in [6.07, 6.45) is 4.19. The number of hydrogen-bond acceptors (Lipinski definition) is 4. The Kier molecular flexibility index (Phi) is 3.68. The number of amides is 1. The molecule has 7 nitrogen and oxygen atoms in total. The van der Waals surface area contributed by atoms with Crippen LogP contribution < -0.4 is 10.9 Å². The Hall–Kier alpha value is -2.15. The number of ether oxygens (including phenoxy) is 1. The lowest BCUT2D eigenvalue weighted by molar-refractivity contribution is 0.0713. The maximum Gasteiger partial charge on any atom is 0.274 e. The summed E-state index contributed by atoms with van der Waals surface area (Å²) < 4.78 is 7.23. The number of nitrogens with one attached hydrogen (secondary N) is 2. The fraction of sp³-hybridized carbons (Fsp3) is 0.588. The fourth-order valence-electron chi connectivity index (χ4n) is 3.42. The molecule has 2 aromatic heterocycles. The highest BCUT2D eigenvalue weighted by molar-refractivity contribution is 6.05. The van der Waals surface area contributed by atoms with E-state index in [1.807, 2.05) is 6.92 Å². The van der Waals surface area contributed by atoms with Gasteiger partial charge in [0.15, 0.2) is 5.65 Å². The Morgan fingerprint density at radius 1 is 1.46 bits per heavy atom. The van der Waals surface area contributed by atoms with Gasteiger partial charge in [-0.25, -0.2) is 4.98 Å². The molecule has 1 saturated carbocycles. The van der Waals surface area contributed by atoms with Crippen LogP contribution in [0.2, 0.25) is 0 Å². The van der Waals surface area contributed by atoms with Crippen molar-refractivity contribution in [1.82, 2.24) is 20.1 Å². The highest BCUT2D eigenvalue weighted by atomic mass is 16.5. The first-order chi connectivity index (χ1) is 11.5. The van der Waals surface area contributed by atoms with E-state index in [0.717, 1.165) is 38.0 Å². The minimum Gasteiger partial charge on any atom is -0.376 e. The summed E-state index contributed by atoms with van der Waals surface area (Å²) >= 11 is 0. The van der Waals surface area contributed by atoms with Crippen molar-refractivity contribution in [3.8, 4) is 0 Å². The van der Waals surface area contributed by atoms with Crippen LogP contribution in [0.4, 0.5) is 0 Å². The average molecular weight is 330 g/mol.